The van der Waals surface area contributed by atoms with Crippen molar-refractivity contribution >= 4 is 29.2 Å². The molecule has 0 aliphatic carbocycles. The number of nitrogens with zero attached hydrogens (tertiary/aromatic N) is 2. The van der Waals surface area contributed by atoms with Gasteiger partial charge in [0.05, 0.1) is 20.3 Å². The van der Waals surface area contributed by atoms with Gasteiger partial charge in [0.2, 0.25) is 11.7 Å². The van der Waals surface area contributed by atoms with Crippen molar-refractivity contribution in [2.24, 2.45) is 0 Å². The number of alkyl halides is 1. The molecular weight excluding hydrogens is 338 g/mol. The molecule has 1 aromatic carbocycles. The molecule has 0 saturated carbocycles. The van der Waals surface area contributed by atoms with Crippen molar-refractivity contribution in [3.8, 4) is 11.4 Å². The number of carbonyl (C=O) groups excluding carboxylic acids is 2. The van der Waals surface area contributed by atoms with Gasteiger partial charge in [-0.05, 0) is 12.1 Å². The van der Waals surface area contributed by atoms with Crippen LogP contribution in [0.15, 0.2) is 40.6 Å². The average molecular weight is 352 g/mol. The molecule has 0 atom stereocenters. The number of methoxy groups -OCH3 is 2. The normalized spacial score (nSPS) is 11.0. The summed E-state index contributed by atoms with van der Waals surface area (Å²) in [4.78, 5) is 27.2. The number of rotatable bonds is 6. The van der Waals surface area contributed by atoms with E-state index in [0.717, 1.165) is 6.08 Å². The van der Waals surface area contributed by atoms with E-state index >= 15 is 0 Å². The van der Waals surface area contributed by atoms with Crippen molar-refractivity contribution in [3.63, 3.8) is 0 Å². The number of benzene rings is 1. The monoisotopic (exact) mass is 351 g/mol. The fourth-order valence-corrected chi connectivity index (χ4v) is 1.86. The first-order valence-electron chi connectivity index (χ1n) is 6.71. The van der Waals surface area contributed by atoms with Crippen molar-refractivity contribution in [1.29, 1.82) is 0 Å². The van der Waals surface area contributed by atoms with E-state index in [9.17, 15) is 9.59 Å². The quantitative estimate of drug-likeness (QED) is 0.479. The predicted molar refractivity (Wildman–Crippen MR) is 85.0 cm³/mol. The van der Waals surface area contributed by atoms with Gasteiger partial charge < -0.3 is 19.3 Å². The van der Waals surface area contributed by atoms with E-state index in [2.05, 4.69) is 24.9 Å². The van der Waals surface area contributed by atoms with Crippen molar-refractivity contribution in [2.45, 2.75) is 5.88 Å². The van der Waals surface area contributed by atoms with Gasteiger partial charge in [0.25, 0.3) is 0 Å². The van der Waals surface area contributed by atoms with Crippen LogP contribution in [0.1, 0.15) is 5.89 Å². The summed E-state index contributed by atoms with van der Waals surface area (Å²) in [5, 5.41) is 6.61. The third-order valence-corrected chi connectivity index (χ3v) is 3.08. The Kier molecular flexibility index (Phi) is 5.91. The Labute approximate surface area is 142 Å². The van der Waals surface area contributed by atoms with Crippen LogP contribution in [0.2, 0.25) is 0 Å². The number of anilines is 1. The van der Waals surface area contributed by atoms with Gasteiger partial charge in [-0.3, -0.25) is 0 Å². The molecule has 0 aliphatic heterocycles. The highest BCUT2D eigenvalue weighted by Crippen LogP contribution is 2.21. The molecule has 0 amide bonds. The number of hydrogen-bond donors (Lipinski definition) is 1. The third kappa shape index (κ3) is 4.32. The van der Waals surface area contributed by atoms with Gasteiger partial charge >= 0.3 is 11.9 Å². The Morgan fingerprint density at radius 3 is 2.75 bits per heavy atom. The number of halogens is 1. The fourth-order valence-electron chi connectivity index (χ4n) is 1.75. The minimum Gasteiger partial charge on any atom is -0.466 e. The largest absolute Gasteiger partial charge is 0.466 e. The van der Waals surface area contributed by atoms with Crippen LogP contribution in [0.4, 0.5) is 5.69 Å². The fraction of sp³-hybridized carbons (Fsp3) is 0.200. The zero-order chi connectivity index (χ0) is 17.5. The molecular formula is C15H14ClN3O5. The van der Waals surface area contributed by atoms with E-state index in [4.69, 9.17) is 16.1 Å². The van der Waals surface area contributed by atoms with Gasteiger partial charge in [-0.15, -0.1) is 11.6 Å². The van der Waals surface area contributed by atoms with Crippen molar-refractivity contribution in [3.05, 3.63) is 41.9 Å². The van der Waals surface area contributed by atoms with Gasteiger partial charge in [-0.2, -0.15) is 4.98 Å². The SMILES string of the molecule is COC(=O)/C=C(/Nc1cccc(-c2noc(CCl)n2)c1)C(=O)OC. The van der Waals surface area contributed by atoms with E-state index in [0.29, 0.717) is 23.0 Å². The lowest BCUT2D eigenvalue weighted by atomic mass is 10.2. The average Bonchev–Trinajstić information content (AvgIpc) is 3.09. The van der Waals surface area contributed by atoms with E-state index in [1.54, 1.807) is 24.3 Å². The lowest BCUT2D eigenvalue weighted by molar-refractivity contribution is -0.138. The lowest BCUT2D eigenvalue weighted by Gasteiger charge is -2.09. The predicted octanol–water partition coefficient (Wildman–Crippen LogP) is 2.12. The standard InChI is InChI=1S/C15H14ClN3O5/c1-22-13(20)7-11(15(21)23-2)17-10-5-3-4-9(6-10)14-18-12(8-16)24-19-14/h3-7,17H,8H2,1-2H3/b11-7+. The zero-order valence-electron chi connectivity index (χ0n) is 12.9. The van der Waals surface area contributed by atoms with Gasteiger partial charge in [-0.1, -0.05) is 17.3 Å². The second-order valence-corrected chi connectivity index (χ2v) is 4.69. The van der Waals surface area contributed by atoms with Crippen LogP contribution in [-0.4, -0.2) is 36.3 Å². The van der Waals surface area contributed by atoms with Crippen molar-refractivity contribution < 1.29 is 23.6 Å². The summed E-state index contributed by atoms with van der Waals surface area (Å²) in [5.41, 5.74) is 1.09. The van der Waals surface area contributed by atoms with Gasteiger partial charge in [0.15, 0.2) is 0 Å². The van der Waals surface area contributed by atoms with Crippen LogP contribution in [0, 0.1) is 0 Å². The maximum absolute atomic E-state index is 11.7. The van der Waals surface area contributed by atoms with Crippen LogP contribution in [0.25, 0.3) is 11.4 Å². The Morgan fingerprint density at radius 2 is 2.12 bits per heavy atom. The molecule has 24 heavy (non-hydrogen) atoms. The van der Waals surface area contributed by atoms with Crippen LogP contribution in [-0.2, 0) is 24.9 Å². The Morgan fingerprint density at radius 1 is 1.33 bits per heavy atom. The summed E-state index contributed by atoms with van der Waals surface area (Å²) >= 11 is 5.63. The molecule has 0 fully saturated rings. The first-order chi connectivity index (χ1) is 11.6. The number of nitrogens with one attached hydrogen (secondary N) is 1. The van der Waals surface area contributed by atoms with E-state index in [-0.39, 0.29) is 11.6 Å². The minimum absolute atomic E-state index is 0.0731. The van der Waals surface area contributed by atoms with Crippen LogP contribution in [0.3, 0.4) is 0 Å². The zero-order valence-corrected chi connectivity index (χ0v) is 13.7. The topological polar surface area (TPSA) is 104 Å². The molecule has 2 rings (SSSR count). The molecule has 8 nitrogen and oxygen atoms in total. The highest BCUT2D eigenvalue weighted by Gasteiger charge is 2.14. The molecule has 2 aromatic rings. The van der Waals surface area contributed by atoms with Crippen LogP contribution in [0.5, 0.6) is 0 Å². The van der Waals surface area contributed by atoms with Crippen LogP contribution < -0.4 is 5.32 Å². The molecule has 0 bridgehead atoms. The van der Waals surface area contributed by atoms with Crippen LogP contribution >= 0.6 is 11.6 Å². The van der Waals surface area contributed by atoms with Gasteiger partial charge in [0.1, 0.15) is 11.6 Å². The molecule has 0 unspecified atom stereocenters. The molecule has 1 aromatic heterocycles. The summed E-state index contributed by atoms with van der Waals surface area (Å²) in [6, 6.07) is 6.86. The number of aromatic nitrogens is 2. The highest BCUT2D eigenvalue weighted by atomic mass is 35.5. The molecule has 126 valence electrons. The Balaban J connectivity index is 2.28. The lowest BCUT2D eigenvalue weighted by Crippen LogP contribution is -2.15. The van der Waals surface area contributed by atoms with Crippen molar-refractivity contribution in [2.75, 3.05) is 19.5 Å². The molecule has 1 N–H and O–H groups in total. The molecule has 0 aliphatic rings. The summed E-state index contributed by atoms with van der Waals surface area (Å²) in [5.74, 6) is -0.644. The smallest absolute Gasteiger partial charge is 0.354 e. The van der Waals surface area contributed by atoms with E-state index in [1.165, 1.54) is 14.2 Å². The summed E-state index contributed by atoms with van der Waals surface area (Å²) in [7, 11) is 2.41. The molecule has 1 heterocycles. The summed E-state index contributed by atoms with van der Waals surface area (Å²) in [6.07, 6.45) is 0.998. The molecule has 0 radical (unpaired) electrons. The Hall–Kier alpha value is -2.87. The maximum Gasteiger partial charge on any atom is 0.354 e. The second-order valence-electron chi connectivity index (χ2n) is 4.42. The Bertz CT molecular complexity index is 772. The number of ether oxygens (including phenoxy) is 2. The first kappa shape index (κ1) is 17.5. The molecule has 9 heteroatoms. The first-order valence-corrected chi connectivity index (χ1v) is 7.24. The van der Waals surface area contributed by atoms with Crippen molar-refractivity contribution in [1.82, 2.24) is 10.1 Å². The maximum atomic E-state index is 11.7. The highest BCUT2D eigenvalue weighted by molar-refractivity contribution is 6.16. The van der Waals surface area contributed by atoms with Gasteiger partial charge in [-0.25, -0.2) is 9.59 Å². The minimum atomic E-state index is -0.713. The van der Waals surface area contributed by atoms with E-state index in [1.807, 2.05) is 0 Å². The third-order valence-electron chi connectivity index (χ3n) is 2.85. The number of carbonyl (C=O) groups is 2. The van der Waals surface area contributed by atoms with Gasteiger partial charge in [0, 0.05) is 11.3 Å². The summed E-state index contributed by atoms with van der Waals surface area (Å²) < 4.78 is 14.1. The van der Waals surface area contributed by atoms with E-state index < -0.39 is 11.9 Å². The number of hydrogen-bond acceptors (Lipinski definition) is 8. The summed E-state index contributed by atoms with van der Waals surface area (Å²) in [6.45, 7) is 0. The molecule has 0 spiro atoms. The second kappa shape index (κ2) is 8.11. The molecule has 0 saturated heterocycles. The number of esters is 2.